The second-order valence-electron chi connectivity index (χ2n) is 2.39. The van der Waals surface area contributed by atoms with Crippen molar-refractivity contribution in [1.82, 2.24) is 5.01 Å². The minimum absolute atomic E-state index is 0.183. The Morgan fingerprint density at radius 2 is 2.18 bits per heavy atom. The highest BCUT2D eigenvalue weighted by Crippen LogP contribution is 2.01. The van der Waals surface area contributed by atoms with Crippen molar-refractivity contribution in [3.05, 3.63) is 4.91 Å². The fraction of sp³-hybridized carbons (Fsp3) is 0.833. The Labute approximate surface area is 70.5 Å². The highest BCUT2D eigenvalue weighted by molar-refractivity contribution is 6.18. The summed E-state index contributed by atoms with van der Waals surface area (Å²) in [5, 5.41) is 3.39. The molecule has 0 atom stereocenters. The monoisotopic (exact) mass is 178 g/mol. The van der Waals surface area contributed by atoms with E-state index >= 15 is 0 Å². The molecule has 11 heavy (non-hydrogen) atoms. The Balaban J connectivity index is 4.02. The van der Waals surface area contributed by atoms with Crippen LogP contribution in [0.4, 0.5) is 0 Å². The molecule has 0 aliphatic carbocycles. The van der Waals surface area contributed by atoms with Gasteiger partial charge in [0.05, 0.1) is 11.8 Å². The predicted molar refractivity (Wildman–Crippen MR) is 43.1 cm³/mol. The third-order valence-corrected chi connectivity index (χ3v) is 1.31. The van der Waals surface area contributed by atoms with Gasteiger partial charge in [-0.3, -0.25) is 4.79 Å². The lowest BCUT2D eigenvalue weighted by Crippen LogP contribution is -2.30. The van der Waals surface area contributed by atoms with Crippen LogP contribution in [0.1, 0.15) is 13.8 Å². The summed E-state index contributed by atoms with van der Waals surface area (Å²) in [6, 6.07) is 0. The quantitative estimate of drug-likeness (QED) is 0.371. The molecule has 0 radical (unpaired) electrons. The zero-order chi connectivity index (χ0) is 8.85. The fourth-order valence-electron chi connectivity index (χ4n) is 0.569. The average Bonchev–Trinajstić information content (AvgIpc) is 1.98. The summed E-state index contributed by atoms with van der Waals surface area (Å²) in [4.78, 5) is 21.1. The molecule has 0 rings (SSSR count). The summed E-state index contributed by atoms with van der Waals surface area (Å²) >= 11 is 5.33. The van der Waals surface area contributed by atoms with E-state index in [0.29, 0.717) is 0 Å². The van der Waals surface area contributed by atoms with Crippen LogP contribution in [-0.4, -0.2) is 23.3 Å². The summed E-state index contributed by atoms with van der Waals surface area (Å²) < 4.78 is 0. The largest absolute Gasteiger partial charge is 0.273 e. The normalized spacial score (nSPS) is 9.82. The van der Waals surface area contributed by atoms with Crippen LogP contribution in [0.5, 0.6) is 0 Å². The van der Waals surface area contributed by atoms with Crippen molar-refractivity contribution in [2.24, 2.45) is 11.2 Å². The number of rotatable bonds is 4. The van der Waals surface area contributed by atoms with E-state index in [1.54, 1.807) is 13.8 Å². The zero-order valence-corrected chi connectivity index (χ0v) is 7.34. The molecule has 0 aromatic carbocycles. The van der Waals surface area contributed by atoms with Crippen molar-refractivity contribution in [3.8, 4) is 0 Å². The van der Waals surface area contributed by atoms with Crippen molar-refractivity contribution in [3.63, 3.8) is 0 Å². The number of hydrogen-bond acceptors (Lipinski definition) is 3. The molecule has 5 heteroatoms. The van der Waals surface area contributed by atoms with Crippen molar-refractivity contribution in [1.29, 1.82) is 0 Å². The Hall–Kier alpha value is -0.640. The second kappa shape index (κ2) is 5.07. The van der Waals surface area contributed by atoms with Gasteiger partial charge >= 0.3 is 0 Å². The summed E-state index contributed by atoms with van der Waals surface area (Å²) in [6.45, 7) is 3.59. The molecule has 4 nitrogen and oxygen atoms in total. The molecule has 0 unspecified atom stereocenters. The molecule has 0 aliphatic rings. The SMILES string of the molecule is CC(C)C(=O)N(CCCl)N=O. The maximum absolute atomic E-state index is 11.0. The van der Waals surface area contributed by atoms with Crippen LogP contribution in [0.15, 0.2) is 5.29 Å². The highest BCUT2D eigenvalue weighted by Gasteiger charge is 2.16. The lowest BCUT2D eigenvalue weighted by atomic mass is 10.2. The van der Waals surface area contributed by atoms with Gasteiger partial charge in [0.25, 0.3) is 0 Å². The van der Waals surface area contributed by atoms with Gasteiger partial charge in [0.1, 0.15) is 0 Å². The van der Waals surface area contributed by atoms with E-state index in [0.717, 1.165) is 5.01 Å². The molecule has 0 bridgehead atoms. The minimum Gasteiger partial charge on any atom is -0.273 e. The minimum atomic E-state index is -0.291. The number of nitrogens with zero attached hydrogens (tertiary/aromatic N) is 2. The maximum atomic E-state index is 11.0. The lowest BCUT2D eigenvalue weighted by molar-refractivity contribution is -0.134. The van der Waals surface area contributed by atoms with Gasteiger partial charge in [-0.25, -0.2) is 0 Å². The van der Waals surface area contributed by atoms with Crippen LogP contribution < -0.4 is 0 Å². The molecule has 0 aromatic rings. The first-order chi connectivity index (χ1) is 5.13. The van der Waals surface area contributed by atoms with Gasteiger partial charge in [-0.15, -0.1) is 16.5 Å². The third kappa shape index (κ3) is 3.32. The summed E-state index contributed by atoms with van der Waals surface area (Å²) in [7, 11) is 0. The molecule has 0 aliphatic heterocycles. The molecular weight excluding hydrogens is 168 g/mol. The molecular formula is C6H11ClN2O2. The Bertz CT molecular complexity index is 150. The number of carbonyl (C=O) groups excluding carboxylic acids is 1. The van der Waals surface area contributed by atoms with Gasteiger partial charge in [-0.1, -0.05) is 13.8 Å². The number of alkyl halides is 1. The van der Waals surface area contributed by atoms with E-state index in [1.807, 2.05) is 0 Å². The number of amides is 1. The van der Waals surface area contributed by atoms with E-state index in [2.05, 4.69) is 5.29 Å². The van der Waals surface area contributed by atoms with Crippen molar-refractivity contribution in [2.75, 3.05) is 12.4 Å². The van der Waals surface area contributed by atoms with Gasteiger partial charge < -0.3 is 0 Å². The van der Waals surface area contributed by atoms with E-state index in [9.17, 15) is 9.70 Å². The predicted octanol–water partition coefficient (Wildman–Crippen LogP) is 1.39. The number of hydrogen-bond donors (Lipinski definition) is 0. The molecule has 0 heterocycles. The second-order valence-corrected chi connectivity index (χ2v) is 2.76. The Morgan fingerprint density at radius 1 is 1.64 bits per heavy atom. The zero-order valence-electron chi connectivity index (χ0n) is 6.58. The molecule has 0 saturated heterocycles. The standard InChI is InChI=1S/C6H11ClN2O2/c1-5(2)6(10)9(8-11)4-3-7/h5H,3-4H2,1-2H3. The van der Waals surface area contributed by atoms with Crippen LogP contribution in [-0.2, 0) is 4.79 Å². The summed E-state index contributed by atoms with van der Waals surface area (Å²) in [5.74, 6) is -0.277. The van der Waals surface area contributed by atoms with Crippen LogP contribution in [0.25, 0.3) is 0 Å². The van der Waals surface area contributed by atoms with Gasteiger partial charge in [0.2, 0.25) is 5.91 Å². The molecule has 64 valence electrons. The van der Waals surface area contributed by atoms with E-state index in [-0.39, 0.29) is 24.2 Å². The number of halogens is 1. The van der Waals surface area contributed by atoms with Gasteiger partial charge in [-0.2, -0.15) is 5.01 Å². The van der Waals surface area contributed by atoms with E-state index in [4.69, 9.17) is 11.6 Å². The molecule has 0 N–H and O–H groups in total. The van der Waals surface area contributed by atoms with E-state index < -0.39 is 0 Å². The van der Waals surface area contributed by atoms with Crippen molar-refractivity contribution in [2.45, 2.75) is 13.8 Å². The Morgan fingerprint density at radius 3 is 2.45 bits per heavy atom. The van der Waals surface area contributed by atoms with Crippen LogP contribution in [0.2, 0.25) is 0 Å². The smallest absolute Gasteiger partial charge is 0.247 e. The topological polar surface area (TPSA) is 49.7 Å². The number of carbonyl (C=O) groups is 1. The lowest BCUT2D eigenvalue weighted by Gasteiger charge is -2.13. The van der Waals surface area contributed by atoms with Crippen LogP contribution in [0.3, 0.4) is 0 Å². The first kappa shape index (κ1) is 10.4. The highest BCUT2D eigenvalue weighted by atomic mass is 35.5. The molecule has 0 saturated carbocycles. The fourth-order valence-corrected chi connectivity index (χ4v) is 0.729. The third-order valence-electron chi connectivity index (χ3n) is 1.14. The van der Waals surface area contributed by atoms with Gasteiger partial charge in [0, 0.05) is 11.8 Å². The van der Waals surface area contributed by atoms with Crippen LogP contribution >= 0.6 is 11.6 Å². The molecule has 0 fully saturated rings. The van der Waals surface area contributed by atoms with Crippen molar-refractivity contribution < 1.29 is 4.79 Å². The number of nitroso groups, excluding NO2 is 1. The van der Waals surface area contributed by atoms with Gasteiger partial charge in [-0.05, 0) is 0 Å². The molecule has 0 spiro atoms. The van der Waals surface area contributed by atoms with Crippen LogP contribution in [0, 0.1) is 10.8 Å². The first-order valence-corrected chi connectivity index (χ1v) is 3.87. The molecule has 1 amide bonds. The van der Waals surface area contributed by atoms with E-state index in [1.165, 1.54) is 0 Å². The maximum Gasteiger partial charge on any atom is 0.247 e. The Kier molecular flexibility index (Phi) is 4.77. The summed E-state index contributed by atoms with van der Waals surface area (Å²) in [5.41, 5.74) is 0. The first-order valence-electron chi connectivity index (χ1n) is 3.34. The molecule has 0 aromatic heterocycles. The average molecular weight is 179 g/mol. The van der Waals surface area contributed by atoms with Gasteiger partial charge in [0.15, 0.2) is 0 Å². The summed E-state index contributed by atoms with van der Waals surface area (Å²) in [6.07, 6.45) is 0. The van der Waals surface area contributed by atoms with Crippen molar-refractivity contribution >= 4 is 17.5 Å².